The smallest absolute Gasteiger partial charge is 0.368 e. The minimum atomic E-state index is -3.98. The van der Waals surface area contributed by atoms with Gasteiger partial charge in [0.15, 0.2) is 0 Å². The highest BCUT2D eigenvalue weighted by atomic mass is 32.2. The highest BCUT2D eigenvalue weighted by Gasteiger charge is 2.46. The number of carboxylic acid groups (broad SMARTS) is 1. The first kappa shape index (κ1) is 27.0. The van der Waals surface area contributed by atoms with Crippen molar-refractivity contribution >= 4 is 39.1 Å². The predicted octanol–water partition coefficient (Wildman–Crippen LogP) is 5.79. The monoisotopic (exact) mass is 522 g/mol. The Balaban J connectivity index is 2.29. The molecule has 0 bridgehead atoms. The number of carbonyl (C=O) groups is 1. The topological polar surface area (TPSA) is 87.1 Å². The number of para-hydroxylation sites is 1. The number of carboxylic acids is 1. The molecule has 35 heavy (non-hydrogen) atoms. The van der Waals surface area contributed by atoms with Crippen LogP contribution in [0.5, 0.6) is 5.75 Å². The van der Waals surface area contributed by atoms with Crippen molar-refractivity contribution in [2.75, 3.05) is 24.7 Å². The van der Waals surface area contributed by atoms with Crippen LogP contribution in [0.15, 0.2) is 64.3 Å². The van der Waals surface area contributed by atoms with Gasteiger partial charge in [-0.1, -0.05) is 44.9 Å². The minimum Gasteiger partial charge on any atom is -0.476 e. The predicted molar refractivity (Wildman–Crippen MR) is 137 cm³/mol. The number of anilines is 2. The molecule has 0 radical (unpaired) electrons. The number of fused-ring (bicyclic) bond motifs is 1. The van der Waals surface area contributed by atoms with E-state index in [1.165, 1.54) is 22.1 Å². The molecule has 0 fully saturated rings. The zero-order valence-electron chi connectivity index (χ0n) is 20.3. The van der Waals surface area contributed by atoms with Crippen LogP contribution >= 0.6 is 11.8 Å². The number of benzene rings is 2. The van der Waals surface area contributed by atoms with Crippen LogP contribution in [0.2, 0.25) is 0 Å². The molecule has 2 aromatic carbocycles. The Morgan fingerprint density at radius 3 is 2.51 bits per heavy atom. The molecule has 1 aliphatic rings. The summed E-state index contributed by atoms with van der Waals surface area (Å²) >= 11 is 1.29. The van der Waals surface area contributed by atoms with Gasteiger partial charge in [0, 0.05) is 25.3 Å². The fourth-order valence-electron chi connectivity index (χ4n) is 4.34. The number of aliphatic carboxylic acids is 1. The fourth-order valence-corrected chi connectivity index (χ4v) is 6.65. The van der Waals surface area contributed by atoms with Crippen molar-refractivity contribution in [1.82, 2.24) is 4.31 Å². The summed E-state index contributed by atoms with van der Waals surface area (Å²) in [4.78, 5) is 13.4. The van der Waals surface area contributed by atoms with E-state index in [0.717, 1.165) is 18.5 Å². The molecule has 0 aromatic heterocycles. The van der Waals surface area contributed by atoms with Crippen molar-refractivity contribution in [3.05, 3.63) is 54.6 Å². The molecule has 0 saturated carbocycles. The Kier molecular flexibility index (Phi) is 8.50. The van der Waals surface area contributed by atoms with Gasteiger partial charge in [-0.2, -0.15) is 8.70 Å². The maximum Gasteiger partial charge on any atom is 0.368 e. The lowest BCUT2D eigenvalue weighted by atomic mass is 9.88. The molecule has 1 heterocycles. The molecule has 0 spiro atoms. The third kappa shape index (κ3) is 5.34. The van der Waals surface area contributed by atoms with Crippen LogP contribution in [-0.2, 0) is 14.8 Å². The van der Waals surface area contributed by atoms with Crippen LogP contribution in [-0.4, -0.2) is 49.2 Å². The minimum absolute atomic E-state index is 0.0209. The Bertz CT molecular complexity index is 1200. The first-order chi connectivity index (χ1) is 16.6. The van der Waals surface area contributed by atoms with E-state index in [2.05, 4.69) is 6.92 Å². The number of hydrogen-bond donors (Lipinski definition) is 1. The van der Waals surface area contributed by atoms with E-state index in [0.29, 0.717) is 36.2 Å². The van der Waals surface area contributed by atoms with Gasteiger partial charge < -0.3 is 14.7 Å². The lowest BCUT2D eigenvalue weighted by Gasteiger charge is -2.41. The molecule has 3 rings (SSSR count). The fraction of sp³-hybridized carbons (Fsp3) is 0.400. The first-order valence-electron chi connectivity index (χ1n) is 11.4. The van der Waals surface area contributed by atoms with Crippen LogP contribution in [0, 0.1) is 0 Å². The largest absolute Gasteiger partial charge is 0.476 e. The molecule has 0 saturated heterocycles. The van der Waals surface area contributed by atoms with Gasteiger partial charge in [0.1, 0.15) is 16.9 Å². The van der Waals surface area contributed by atoms with Crippen LogP contribution in [0.4, 0.5) is 15.8 Å². The number of nitrogens with zero attached hydrogens (tertiary/aromatic N) is 2. The van der Waals surface area contributed by atoms with E-state index >= 15 is 0 Å². The molecule has 7 nitrogen and oxygen atoms in total. The van der Waals surface area contributed by atoms with Gasteiger partial charge in [0.25, 0.3) is 0 Å². The van der Waals surface area contributed by atoms with Crippen LogP contribution < -0.4 is 9.64 Å². The number of halogens is 1. The highest BCUT2D eigenvalue weighted by Crippen LogP contribution is 2.46. The quantitative estimate of drug-likeness (QED) is 0.253. The van der Waals surface area contributed by atoms with Gasteiger partial charge in [-0.05, 0) is 37.3 Å². The number of hydrogen-bond acceptors (Lipinski definition) is 6. The van der Waals surface area contributed by atoms with Crippen molar-refractivity contribution in [2.45, 2.75) is 54.9 Å². The number of rotatable bonds is 9. The maximum absolute atomic E-state index is 14.0. The molecular weight excluding hydrogens is 491 g/mol. The second kappa shape index (κ2) is 11.0. The summed E-state index contributed by atoms with van der Waals surface area (Å²) < 4.78 is 48.4. The van der Waals surface area contributed by atoms with E-state index in [9.17, 15) is 17.6 Å². The normalized spacial score (nSPS) is 20.3. The van der Waals surface area contributed by atoms with Crippen LogP contribution in [0.3, 0.4) is 0 Å². The average molecular weight is 523 g/mol. The van der Waals surface area contributed by atoms with Crippen LogP contribution in [0.1, 0.15) is 39.5 Å². The molecule has 0 amide bonds. The number of unbranched alkanes of at least 4 members (excludes halogenated alkanes) is 1. The van der Waals surface area contributed by atoms with Gasteiger partial charge in [0.05, 0.1) is 16.1 Å². The molecule has 1 aliphatic heterocycles. The number of ether oxygens (including phenoxy) is 1. The number of thioether (sulfide) groups is 1. The average Bonchev–Trinajstić information content (AvgIpc) is 2.93. The molecule has 0 unspecified atom stereocenters. The Morgan fingerprint density at radius 2 is 1.94 bits per heavy atom. The SMILES string of the molecule is CCCC[C@]1(CC)CN(c2ccccc2)c2cc(SC)c(O/C=C(\F)C(=O)O)cc2S(=O)(=O)N1C. The zero-order chi connectivity index (χ0) is 25.8. The maximum atomic E-state index is 14.0. The van der Waals surface area contributed by atoms with Crippen molar-refractivity contribution in [3.8, 4) is 5.75 Å². The second-order valence-corrected chi connectivity index (χ2v) is 11.2. The van der Waals surface area contributed by atoms with Crippen molar-refractivity contribution < 1.29 is 27.4 Å². The summed E-state index contributed by atoms with van der Waals surface area (Å²) in [5.41, 5.74) is 0.694. The van der Waals surface area contributed by atoms with E-state index in [4.69, 9.17) is 9.84 Å². The van der Waals surface area contributed by atoms with Crippen molar-refractivity contribution in [3.63, 3.8) is 0 Å². The summed E-state index contributed by atoms with van der Waals surface area (Å²) in [5.74, 6) is -3.19. The number of likely N-dealkylation sites (N-methyl/N-ethyl adjacent to an activating group) is 1. The zero-order valence-corrected chi connectivity index (χ0v) is 22.0. The van der Waals surface area contributed by atoms with Crippen molar-refractivity contribution in [1.29, 1.82) is 0 Å². The van der Waals surface area contributed by atoms with Gasteiger partial charge in [-0.15, -0.1) is 11.8 Å². The Morgan fingerprint density at radius 1 is 1.26 bits per heavy atom. The summed E-state index contributed by atoms with van der Waals surface area (Å²) in [6.45, 7) is 4.54. The Labute approximate surface area is 210 Å². The molecule has 10 heteroatoms. The van der Waals surface area contributed by atoms with E-state index in [-0.39, 0.29) is 10.6 Å². The molecule has 1 N–H and O–H groups in total. The molecule has 1 atom stereocenters. The second-order valence-electron chi connectivity index (χ2n) is 8.44. The molecule has 0 aliphatic carbocycles. The van der Waals surface area contributed by atoms with E-state index in [1.807, 2.05) is 42.2 Å². The highest BCUT2D eigenvalue weighted by molar-refractivity contribution is 7.98. The summed E-state index contributed by atoms with van der Waals surface area (Å²) in [5, 5.41) is 8.81. The van der Waals surface area contributed by atoms with E-state index < -0.39 is 27.4 Å². The lowest BCUT2D eigenvalue weighted by Crippen LogP contribution is -2.53. The third-order valence-electron chi connectivity index (χ3n) is 6.51. The Hall–Kier alpha value is -2.56. The van der Waals surface area contributed by atoms with Crippen molar-refractivity contribution in [2.24, 2.45) is 0 Å². The summed E-state index contributed by atoms with van der Waals surface area (Å²) in [7, 11) is -2.37. The number of sulfonamides is 1. The summed E-state index contributed by atoms with van der Waals surface area (Å²) in [6, 6.07) is 12.7. The molecule has 2 aromatic rings. The van der Waals surface area contributed by atoms with Gasteiger partial charge in [-0.3, -0.25) is 0 Å². The molecular formula is C25H31FN2O5S2. The van der Waals surface area contributed by atoms with Crippen LogP contribution in [0.25, 0.3) is 0 Å². The van der Waals surface area contributed by atoms with Gasteiger partial charge >= 0.3 is 5.97 Å². The van der Waals surface area contributed by atoms with E-state index in [1.54, 1.807) is 19.4 Å². The lowest BCUT2D eigenvalue weighted by molar-refractivity contribution is -0.134. The molecule has 190 valence electrons. The van der Waals surface area contributed by atoms with Gasteiger partial charge in [0.2, 0.25) is 15.9 Å². The first-order valence-corrected chi connectivity index (χ1v) is 14.1. The van der Waals surface area contributed by atoms with Gasteiger partial charge in [-0.25, -0.2) is 13.2 Å². The third-order valence-corrected chi connectivity index (χ3v) is 9.26. The standard InChI is InChI=1S/C25H31FN2O5S2/c1-5-7-13-25(6-2)17-28(18-11-9-8-10-12-18)20-14-22(34-4)21(33-16-19(26)24(29)30)15-23(20)35(31,32)27(25)3/h8-12,14-16H,5-7,13,17H2,1-4H3,(H,29,30)/b19-16-/t25-/m1/s1. The summed E-state index contributed by atoms with van der Waals surface area (Å²) in [6.07, 6.45) is 5.38.